The normalized spacial score (nSPS) is 11.7. The van der Waals surface area contributed by atoms with Gasteiger partial charge in [0, 0.05) is 6.54 Å². The van der Waals surface area contributed by atoms with E-state index in [1.807, 2.05) is 10.7 Å². The summed E-state index contributed by atoms with van der Waals surface area (Å²) in [7, 11) is 0. The predicted octanol–water partition coefficient (Wildman–Crippen LogP) is 1.74. The summed E-state index contributed by atoms with van der Waals surface area (Å²) in [6, 6.07) is 10.4. The zero-order valence-corrected chi connectivity index (χ0v) is 11.6. The summed E-state index contributed by atoms with van der Waals surface area (Å²) in [4.78, 5) is 0. The van der Waals surface area contributed by atoms with Crippen molar-refractivity contribution < 1.29 is 0 Å². The molecule has 5 heteroatoms. The monoisotopic (exact) mass is 259 g/mol. The molecular formula is C14H21N5. The third-order valence-electron chi connectivity index (χ3n) is 3.83. The minimum Gasteiger partial charge on any atom is -0.329 e. The van der Waals surface area contributed by atoms with Gasteiger partial charge in [0.05, 0.1) is 12.0 Å². The van der Waals surface area contributed by atoms with Gasteiger partial charge in [-0.3, -0.25) is 0 Å². The van der Waals surface area contributed by atoms with Crippen molar-refractivity contribution in [2.24, 2.45) is 5.73 Å². The van der Waals surface area contributed by atoms with Crippen molar-refractivity contribution in [1.82, 2.24) is 20.2 Å². The molecule has 0 aliphatic rings. The molecule has 19 heavy (non-hydrogen) atoms. The first-order chi connectivity index (χ1) is 9.28. The number of aromatic nitrogens is 4. The lowest BCUT2D eigenvalue weighted by Crippen LogP contribution is -2.31. The second-order valence-corrected chi connectivity index (χ2v) is 4.67. The van der Waals surface area contributed by atoms with Gasteiger partial charge in [-0.1, -0.05) is 44.2 Å². The molecule has 2 N–H and O–H groups in total. The van der Waals surface area contributed by atoms with E-state index < -0.39 is 0 Å². The first-order valence-corrected chi connectivity index (χ1v) is 6.80. The first kappa shape index (κ1) is 13.7. The number of nitrogens with two attached hydrogens (primary N) is 1. The van der Waals surface area contributed by atoms with Crippen LogP contribution >= 0.6 is 0 Å². The minimum absolute atomic E-state index is 0.139. The summed E-state index contributed by atoms with van der Waals surface area (Å²) in [6.45, 7) is 5.54. The summed E-state index contributed by atoms with van der Waals surface area (Å²) in [5.74, 6) is 0.911. The Morgan fingerprint density at radius 1 is 1.16 bits per heavy atom. The summed E-state index contributed by atoms with van der Waals surface area (Å²) < 4.78 is 1.83. The van der Waals surface area contributed by atoms with Gasteiger partial charge in [-0.15, -0.1) is 5.10 Å². The van der Waals surface area contributed by atoms with Gasteiger partial charge in [0.25, 0.3) is 0 Å². The van der Waals surface area contributed by atoms with Gasteiger partial charge in [-0.2, -0.15) is 0 Å². The molecule has 0 radical (unpaired) electrons. The lowest BCUT2D eigenvalue weighted by atomic mass is 9.75. The highest BCUT2D eigenvalue weighted by atomic mass is 15.5. The van der Waals surface area contributed by atoms with Crippen molar-refractivity contribution >= 4 is 0 Å². The van der Waals surface area contributed by atoms with Crippen LogP contribution in [0.3, 0.4) is 0 Å². The maximum Gasteiger partial charge on any atom is 0.161 e. The Morgan fingerprint density at radius 2 is 1.84 bits per heavy atom. The molecule has 1 aromatic carbocycles. The molecule has 0 bridgehead atoms. The van der Waals surface area contributed by atoms with Crippen LogP contribution < -0.4 is 5.73 Å². The lowest BCUT2D eigenvalue weighted by molar-refractivity contribution is 0.412. The van der Waals surface area contributed by atoms with Crippen molar-refractivity contribution in [3.8, 4) is 0 Å². The van der Waals surface area contributed by atoms with E-state index in [1.165, 1.54) is 5.56 Å². The Kier molecular flexibility index (Phi) is 4.27. The number of hydrogen-bond acceptors (Lipinski definition) is 4. The van der Waals surface area contributed by atoms with E-state index in [1.54, 1.807) is 0 Å². The Labute approximate surface area is 113 Å². The fourth-order valence-corrected chi connectivity index (χ4v) is 2.68. The molecule has 2 aromatic rings. The highest BCUT2D eigenvalue weighted by Gasteiger charge is 2.35. The molecule has 1 aromatic heterocycles. The molecule has 2 rings (SSSR count). The van der Waals surface area contributed by atoms with Crippen LogP contribution in [0.2, 0.25) is 0 Å². The molecule has 0 aliphatic heterocycles. The lowest BCUT2D eigenvalue weighted by Gasteiger charge is -2.30. The molecule has 5 nitrogen and oxygen atoms in total. The highest BCUT2D eigenvalue weighted by Crippen LogP contribution is 2.37. The number of tetrazole rings is 1. The van der Waals surface area contributed by atoms with Crippen LogP contribution in [0.4, 0.5) is 0 Å². The van der Waals surface area contributed by atoms with Gasteiger partial charge >= 0.3 is 0 Å². The predicted molar refractivity (Wildman–Crippen MR) is 74.7 cm³/mol. The van der Waals surface area contributed by atoms with Crippen molar-refractivity contribution in [3.63, 3.8) is 0 Å². The van der Waals surface area contributed by atoms with E-state index in [2.05, 4.69) is 53.6 Å². The van der Waals surface area contributed by atoms with Gasteiger partial charge in [-0.25, -0.2) is 4.68 Å². The average molecular weight is 259 g/mol. The number of rotatable bonds is 6. The molecule has 1 heterocycles. The van der Waals surface area contributed by atoms with E-state index in [0.717, 1.165) is 18.7 Å². The molecule has 0 saturated carbocycles. The first-order valence-electron chi connectivity index (χ1n) is 6.80. The van der Waals surface area contributed by atoms with Gasteiger partial charge < -0.3 is 5.73 Å². The second-order valence-electron chi connectivity index (χ2n) is 4.67. The molecule has 0 amide bonds. The summed E-state index contributed by atoms with van der Waals surface area (Å²) in [6.07, 6.45) is 1.91. The quantitative estimate of drug-likeness (QED) is 0.858. The van der Waals surface area contributed by atoms with Gasteiger partial charge in [-0.05, 0) is 28.8 Å². The summed E-state index contributed by atoms with van der Waals surface area (Å²) >= 11 is 0. The summed E-state index contributed by atoms with van der Waals surface area (Å²) in [5, 5.41) is 12.2. The zero-order chi connectivity index (χ0) is 13.7. The third kappa shape index (κ3) is 2.38. The Bertz CT molecular complexity index is 502. The molecule has 0 atom stereocenters. The van der Waals surface area contributed by atoms with Crippen molar-refractivity contribution in [3.05, 3.63) is 41.7 Å². The van der Waals surface area contributed by atoms with Crippen LogP contribution in [0.5, 0.6) is 0 Å². The van der Waals surface area contributed by atoms with Crippen LogP contribution in [0.1, 0.15) is 38.1 Å². The molecule has 0 spiro atoms. The van der Waals surface area contributed by atoms with E-state index in [9.17, 15) is 0 Å². The summed E-state index contributed by atoms with van der Waals surface area (Å²) in [5.41, 5.74) is 6.76. The standard InChI is InChI=1S/C14H21N5/c1-3-14(4-2,12-8-6-5-7-9-12)13-16-17-18-19(13)11-10-15/h5-9H,3-4,10-11,15H2,1-2H3. The zero-order valence-electron chi connectivity index (χ0n) is 11.6. The SMILES string of the molecule is CCC(CC)(c1ccccc1)c1nnnn1CCN. The average Bonchev–Trinajstić information content (AvgIpc) is 2.92. The molecule has 0 unspecified atom stereocenters. The largest absolute Gasteiger partial charge is 0.329 e. The topological polar surface area (TPSA) is 69.6 Å². The van der Waals surface area contributed by atoms with Crippen LogP contribution in [0, 0.1) is 0 Å². The van der Waals surface area contributed by atoms with E-state index in [4.69, 9.17) is 5.73 Å². The number of benzene rings is 1. The number of hydrogen-bond donors (Lipinski definition) is 1. The molecule has 0 aliphatic carbocycles. The molecule has 0 saturated heterocycles. The van der Waals surface area contributed by atoms with Crippen LogP contribution in [-0.2, 0) is 12.0 Å². The van der Waals surface area contributed by atoms with Gasteiger partial charge in [0.1, 0.15) is 0 Å². The van der Waals surface area contributed by atoms with Crippen molar-refractivity contribution in [1.29, 1.82) is 0 Å². The Balaban J connectivity index is 2.53. The van der Waals surface area contributed by atoms with Crippen LogP contribution in [0.15, 0.2) is 30.3 Å². The highest BCUT2D eigenvalue weighted by molar-refractivity contribution is 5.32. The van der Waals surface area contributed by atoms with Crippen molar-refractivity contribution in [2.75, 3.05) is 6.54 Å². The molecule has 0 fully saturated rings. The Morgan fingerprint density at radius 3 is 2.42 bits per heavy atom. The van der Waals surface area contributed by atoms with Crippen LogP contribution in [-0.4, -0.2) is 26.8 Å². The smallest absolute Gasteiger partial charge is 0.161 e. The Hall–Kier alpha value is -1.75. The second kappa shape index (κ2) is 5.93. The van der Waals surface area contributed by atoms with Crippen molar-refractivity contribution in [2.45, 2.75) is 38.6 Å². The fraction of sp³-hybridized carbons (Fsp3) is 0.500. The van der Waals surface area contributed by atoms with Gasteiger partial charge in [0.2, 0.25) is 0 Å². The van der Waals surface area contributed by atoms with E-state index >= 15 is 0 Å². The van der Waals surface area contributed by atoms with Gasteiger partial charge in [0.15, 0.2) is 5.82 Å². The molecule has 102 valence electrons. The maximum absolute atomic E-state index is 5.64. The van der Waals surface area contributed by atoms with E-state index in [0.29, 0.717) is 13.1 Å². The third-order valence-corrected chi connectivity index (χ3v) is 3.83. The van der Waals surface area contributed by atoms with Crippen LogP contribution in [0.25, 0.3) is 0 Å². The maximum atomic E-state index is 5.64. The number of nitrogens with zero attached hydrogens (tertiary/aromatic N) is 4. The minimum atomic E-state index is -0.139. The molecular weight excluding hydrogens is 238 g/mol. The van der Waals surface area contributed by atoms with E-state index in [-0.39, 0.29) is 5.41 Å². The fourth-order valence-electron chi connectivity index (χ4n) is 2.68.